The third kappa shape index (κ3) is 3.89. The number of halogens is 3. The van der Waals surface area contributed by atoms with Crippen LogP contribution in [0.4, 0.5) is 30.5 Å². The predicted octanol–water partition coefficient (Wildman–Crippen LogP) is 0.0314. The molecule has 0 unspecified atom stereocenters. The molecule has 0 spiro atoms. The molecule has 0 aliphatic rings. The summed E-state index contributed by atoms with van der Waals surface area (Å²) in [6, 6.07) is 0. The van der Waals surface area contributed by atoms with Crippen LogP contribution in [0.5, 0.6) is 0 Å². The highest BCUT2D eigenvalue weighted by molar-refractivity contribution is 5.69. The SMILES string of the molecule is NNc1ncnc(N(CCO)CC(F)(F)F)c1[N+](=O)[O-]. The Bertz CT molecular complexity index is 483. The molecule has 112 valence electrons. The first-order valence-electron chi connectivity index (χ1n) is 5.18. The average Bonchev–Trinajstić information content (AvgIpc) is 2.35. The van der Waals surface area contributed by atoms with E-state index in [0.717, 1.165) is 6.33 Å². The lowest BCUT2D eigenvalue weighted by molar-refractivity contribution is -0.383. The topological polar surface area (TPSA) is 130 Å². The molecule has 12 heteroatoms. The van der Waals surface area contributed by atoms with Gasteiger partial charge in [-0.2, -0.15) is 13.2 Å². The van der Waals surface area contributed by atoms with Crippen molar-refractivity contribution in [2.45, 2.75) is 6.18 Å². The molecular formula is C8H11F3N6O3. The van der Waals surface area contributed by atoms with Crippen molar-refractivity contribution < 1.29 is 23.2 Å². The second-order valence-corrected chi connectivity index (χ2v) is 3.56. The van der Waals surface area contributed by atoms with Crippen LogP contribution in [0.3, 0.4) is 0 Å². The first-order chi connectivity index (χ1) is 9.30. The number of rotatable bonds is 6. The van der Waals surface area contributed by atoms with Crippen molar-refractivity contribution in [3.05, 3.63) is 16.4 Å². The highest BCUT2D eigenvalue weighted by atomic mass is 19.4. The summed E-state index contributed by atoms with van der Waals surface area (Å²) in [5.41, 5.74) is 1.12. The molecule has 4 N–H and O–H groups in total. The van der Waals surface area contributed by atoms with Crippen molar-refractivity contribution in [2.24, 2.45) is 5.84 Å². The molecule has 1 aromatic heterocycles. The molecule has 0 radical (unpaired) electrons. The van der Waals surface area contributed by atoms with Crippen molar-refractivity contribution in [1.82, 2.24) is 9.97 Å². The van der Waals surface area contributed by atoms with Crippen molar-refractivity contribution >= 4 is 17.3 Å². The second-order valence-electron chi connectivity index (χ2n) is 3.56. The van der Waals surface area contributed by atoms with Gasteiger partial charge < -0.3 is 15.4 Å². The normalized spacial score (nSPS) is 11.2. The molecule has 1 aromatic rings. The van der Waals surface area contributed by atoms with Crippen LogP contribution in [-0.2, 0) is 0 Å². The van der Waals surface area contributed by atoms with Gasteiger partial charge in [0.25, 0.3) is 0 Å². The number of hydrazine groups is 1. The van der Waals surface area contributed by atoms with Crippen molar-refractivity contribution in [1.29, 1.82) is 0 Å². The van der Waals surface area contributed by atoms with Crippen LogP contribution in [-0.4, -0.2) is 45.9 Å². The van der Waals surface area contributed by atoms with Crippen molar-refractivity contribution in [3.8, 4) is 0 Å². The summed E-state index contributed by atoms with van der Waals surface area (Å²) in [5, 5.41) is 19.7. The number of nitrogens with one attached hydrogen (secondary N) is 1. The lowest BCUT2D eigenvalue weighted by Crippen LogP contribution is -2.37. The highest BCUT2D eigenvalue weighted by Crippen LogP contribution is 2.32. The standard InChI is InChI=1S/C8H11F3N6O3/c9-8(10,11)3-16(1-2-18)7-5(17(19)20)6(15-12)13-4-14-7/h4,18H,1-3,12H2,(H,13,14,15). The largest absolute Gasteiger partial charge is 0.405 e. The number of nitrogens with two attached hydrogens (primary N) is 1. The van der Waals surface area contributed by atoms with E-state index in [-0.39, 0.29) is 0 Å². The van der Waals surface area contributed by atoms with Gasteiger partial charge in [-0.1, -0.05) is 0 Å². The third-order valence-electron chi connectivity index (χ3n) is 2.16. The first kappa shape index (κ1) is 15.8. The van der Waals surface area contributed by atoms with Crippen LogP contribution in [0.15, 0.2) is 6.33 Å². The molecule has 0 aliphatic heterocycles. The Labute approximate surface area is 110 Å². The van der Waals surface area contributed by atoms with Gasteiger partial charge in [0.1, 0.15) is 12.9 Å². The zero-order chi connectivity index (χ0) is 15.3. The summed E-state index contributed by atoms with van der Waals surface area (Å²) >= 11 is 0. The summed E-state index contributed by atoms with van der Waals surface area (Å²) in [4.78, 5) is 17.4. The number of aromatic nitrogens is 2. The van der Waals surface area contributed by atoms with E-state index in [1.54, 1.807) is 0 Å². The van der Waals surface area contributed by atoms with Gasteiger partial charge in [-0.3, -0.25) is 10.1 Å². The molecule has 0 bridgehead atoms. The van der Waals surface area contributed by atoms with Crippen LogP contribution in [0.25, 0.3) is 0 Å². The maximum Gasteiger partial charge on any atom is 0.405 e. The number of alkyl halides is 3. The van der Waals surface area contributed by atoms with Crippen LogP contribution >= 0.6 is 0 Å². The van der Waals surface area contributed by atoms with Crippen LogP contribution in [0.2, 0.25) is 0 Å². The Morgan fingerprint density at radius 3 is 2.60 bits per heavy atom. The Balaban J connectivity index is 3.28. The molecule has 0 aliphatic carbocycles. The lowest BCUT2D eigenvalue weighted by atomic mass is 10.3. The monoisotopic (exact) mass is 296 g/mol. The molecule has 0 saturated carbocycles. The molecule has 0 saturated heterocycles. The zero-order valence-electron chi connectivity index (χ0n) is 9.96. The first-order valence-corrected chi connectivity index (χ1v) is 5.18. The van der Waals surface area contributed by atoms with Crippen LogP contribution < -0.4 is 16.2 Å². The van der Waals surface area contributed by atoms with E-state index < -0.39 is 48.1 Å². The van der Waals surface area contributed by atoms with Gasteiger partial charge in [0.05, 0.1) is 11.5 Å². The fourth-order valence-corrected chi connectivity index (χ4v) is 1.47. The van der Waals surface area contributed by atoms with Gasteiger partial charge >= 0.3 is 11.9 Å². The number of aliphatic hydroxyl groups is 1. The average molecular weight is 296 g/mol. The molecule has 20 heavy (non-hydrogen) atoms. The molecule has 0 aromatic carbocycles. The van der Waals surface area contributed by atoms with E-state index in [1.165, 1.54) is 0 Å². The third-order valence-corrected chi connectivity index (χ3v) is 2.16. The minimum atomic E-state index is -4.62. The minimum absolute atomic E-state index is 0.426. The number of nitrogens with zero attached hydrogens (tertiary/aromatic N) is 4. The number of nitro groups is 1. The van der Waals surface area contributed by atoms with Gasteiger partial charge in [0.15, 0.2) is 0 Å². The molecule has 0 atom stereocenters. The summed E-state index contributed by atoms with van der Waals surface area (Å²) in [6.07, 6.45) is -3.79. The fraction of sp³-hybridized carbons (Fsp3) is 0.500. The molecule has 1 heterocycles. The summed E-state index contributed by atoms with van der Waals surface area (Å²) < 4.78 is 37.4. The molecule has 9 nitrogen and oxygen atoms in total. The number of anilines is 2. The number of nitrogen functional groups attached to an aromatic ring is 1. The van der Waals surface area contributed by atoms with E-state index in [4.69, 9.17) is 10.9 Å². The maximum atomic E-state index is 12.5. The van der Waals surface area contributed by atoms with E-state index in [1.807, 2.05) is 5.43 Å². The van der Waals surface area contributed by atoms with Gasteiger partial charge in [-0.05, 0) is 0 Å². The summed E-state index contributed by atoms with van der Waals surface area (Å²) in [7, 11) is 0. The van der Waals surface area contributed by atoms with Crippen LogP contribution in [0, 0.1) is 10.1 Å². The van der Waals surface area contributed by atoms with E-state index in [2.05, 4.69) is 9.97 Å². The number of aliphatic hydroxyl groups excluding tert-OH is 1. The van der Waals surface area contributed by atoms with Crippen molar-refractivity contribution in [3.63, 3.8) is 0 Å². The van der Waals surface area contributed by atoms with E-state index >= 15 is 0 Å². The lowest BCUT2D eigenvalue weighted by Gasteiger charge is -2.23. The van der Waals surface area contributed by atoms with Gasteiger partial charge in [-0.25, -0.2) is 15.8 Å². The highest BCUT2D eigenvalue weighted by Gasteiger charge is 2.35. The Morgan fingerprint density at radius 2 is 2.15 bits per heavy atom. The maximum absolute atomic E-state index is 12.5. The van der Waals surface area contributed by atoms with E-state index in [0.29, 0.717) is 4.90 Å². The molecular weight excluding hydrogens is 285 g/mol. The quantitative estimate of drug-likeness (QED) is 0.381. The molecule has 0 fully saturated rings. The van der Waals surface area contributed by atoms with Gasteiger partial charge in [0, 0.05) is 6.54 Å². The Kier molecular flexibility index (Phi) is 4.99. The van der Waals surface area contributed by atoms with E-state index in [9.17, 15) is 23.3 Å². The molecule has 1 rings (SSSR count). The summed E-state index contributed by atoms with van der Waals surface area (Å²) in [6.45, 7) is -2.63. The fourth-order valence-electron chi connectivity index (χ4n) is 1.47. The molecule has 0 amide bonds. The Hall–Kier alpha value is -2.21. The number of hydrogen-bond donors (Lipinski definition) is 3. The van der Waals surface area contributed by atoms with Gasteiger partial charge in [-0.15, -0.1) is 0 Å². The Morgan fingerprint density at radius 1 is 1.50 bits per heavy atom. The van der Waals surface area contributed by atoms with Crippen LogP contribution in [0.1, 0.15) is 0 Å². The second kappa shape index (κ2) is 6.29. The smallest absolute Gasteiger partial charge is 0.395 e. The number of hydrogen-bond acceptors (Lipinski definition) is 8. The minimum Gasteiger partial charge on any atom is -0.395 e. The summed E-state index contributed by atoms with van der Waals surface area (Å²) in [5.74, 6) is 4.02. The predicted molar refractivity (Wildman–Crippen MR) is 61.9 cm³/mol. The van der Waals surface area contributed by atoms with Crippen molar-refractivity contribution in [2.75, 3.05) is 30.0 Å². The zero-order valence-corrected chi connectivity index (χ0v) is 9.96. The van der Waals surface area contributed by atoms with Gasteiger partial charge in [0.2, 0.25) is 11.6 Å².